The van der Waals surface area contributed by atoms with Crippen molar-refractivity contribution >= 4 is 46.2 Å². The second-order valence-corrected chi connectivity index (χ2v) is 6.56. The van der Waals surface area contributed by atoms with E-state index in [1.165, 1.54) is 12.1 Å². The summed E-state index contributed by atoms with van der Waals surface area (Å²) in [6.07, 6.45) is 1.21. The lowest BCUT2D eigenvalue weighted by atomic mass is 10.1. The molecule has 2 rings (SSSR count). The van der Waals surface area contributed by atoms with Gasteiger partial charge >= 0.3 is 5.69 Å². The van der Waals surface area contributed by atoms with Crippen molar-refractivity contribution in [2.24, 2.45) is 0 Å². The maximum Gasteiger partial charge on any atom is 0.311 e. The number of carbonyl (C=O) groups excluding carboxylic acids is 2. The normalized spacial score (nSPS) is 10.1. The van der Waals surface area contributed by atoms with E-state index in [0.29, 0.717) is 17.8 Å². The van der Waals surface area contributed by atoms with Crippen molar-refractivity contribution in [2.75, 3.05) is 17.2 Å². The quantitative estimate of drug-likeness (QED) is 0.330. The number of benzene rings is 2. The Morgan fingerprint density at radius 1 is 1.07 bits per heavy atom. The molecular weight excluding hydrogens is 408 g/mol. The molecule has 0 aliphatic rings. The first-order valence-corrected chi connectivity index (χ1v) is 9.68. The van der Waals surface area contributed by atoms with Crippen molar-refractivity contribution < 1.29 is 19.2 Å². The third-order valence-corrected chi connectivity index (χ3v) is 4.05. The van der Waals surface area contributed by atoms with E-state index in [2.05, 4.69) is 16.0 Å². The molecule has 0 unspecified atom stereocenters. The Morgan fingerprint density at radius 3 is 2.27 bits per heavy atom. The second kappa shape index (κ2) is 10.9. The lowest BCUT2D eigenvalue weighted by molar-refractivity contribution is -0.385. The lowest BCUT2D eigenvalue weighted by Crippen LogP contribution is -2.34. The molecule has 158 valence electrons. The summed E-state index contributed by atoms with van der Waals surface area (Å²) in [6, 6.07) is 10.7. The van der Waals surface area contributed by atoms with Gasteiger partial charge in [0.2, 0.25) is 5.91 Å². The van der Waals surface area contributed by atoms with Gasteiger partial charge in [-0.25, -0.2) is 0 Å². The number of amides is 2. The number of nitro groups is 1. The SMILES string of the molecule is CCCC(=O)Nc1ccc(NC(=S)NC(=O)c2ccc(OCC)c([N+](=O)[O-])c2)cc1. The van der Waals surface area contributed by atoms with Gasteiger partial charge in [-0.15, -0.1) is 0 Å². The molecule has 30 heavy (non-hydrogen) atoms. The number of thiocarbonyl (C=S) groups is 1. The molecule has 0 radical (unpaired) electrons. The average molecular weight is 430 g/mol. The van der Waals surface area contributed by atoms with Gasteiger partial charge in [-0.2, -0.15) is 0 Å². The summed E-state index contributed by atoms with van der Waals surface area (Å²) in [5, 5.41) is 19.3. The van der Waals surface area contributed by atoms with Crippen LogP contribution in [-0.4, -0.2) is 28.5 Å². The van der Waals surface area contributed by atoms with E-state index in [9.17, 15) is 19.7 Å². The van der Waals surface area contributed by atoms with E-state index in [1.807, 2.05) is 6.92 Å². The molecule has 2 aromatic rings. The van der Waals surface area contributed by atoms with Crippen molar-refractivity contribution in [1.29, 1.82) is 0 Å². The summed E-state index contributed by atoms with van der Waals surface area (Å²) in [5.74, 6) is -0.571. The van der Waals surface area contributed by atoms with Gasteiger partial charge in [0.1, 0.15) is 0 Å². The zero-order chi connectivity index (χ0) is 22.1. The lowest BCUT2D eigenvalue weighted by Gasteiger charge is -2.11. The van der Waals surface area contributed by atoms with Crippen LogP contribution in [0.5, 0.6) is 5.75 Å². The molecule has 0 aromatic heterocycles. The molecule has 2 aromatic carbocycles. The summed E-state index contributed by atoms with van der Waals surface area (Å²) in [6.45, 7) is 3.90. The standard InChI is InChI=1S/C20H22N4O5S/c1-3-5-18(25)21-14-7-9-15(10-8-14)22-20(30)23-19(26)13-6-11-17(29-4-2)16(12-13)24(27)28/h6-12H,3-5H2,1-2H3,(H,21,25)(H2,22,23,26,30). The number of hydrogen-bond acceptors (Lipinski definition) is 6. The molecule has 9 nitrogen and oxygen atoms in total. The number of rotatable bonds is 8. The minimum Gasteiger partial charge on any atom is -0.487 e. The molecule has 0 atom stereocenters. The topological polar surface area (TPSA) is 123 Å². The van der Waals surface area contributed by atoms with Crippen LogP contribution in [-0.2, 0) is 4.79 Å². The number of nitro benzene ring substituents is 1. The van der Waals surface area contributed by atoms with Crippen LogP contribution in [0.2, 0.25) is 0 Å². The van der Waals surface area contributed by atoms with E-state index in [0.717, 1.165) is 12.5 Å². The third-order valence-electron chi connectivity index (χ3n) is 3.85. The number of anilines is 2. The van der Waals surface area contributed by atoms with E-state index in [1.54, 1.807) is 31.2 Å². The van der Waals surface area contributed by atoms with Crippen molar-refractivity contribution in [1.82, 2.24) is 5.32 Å². The zero-order valence-electron chi connectivity index (χ0n) is 16.6. The summed E-state index contributed by atoms with van der Waals surface area (Å²) in [5.41, 5.74) is 1.02. The predicted octanol–water partition coefficient (Wildman–Crippen LogP) is 3.86. The van der Waals surface area contributed by atoms with Gasteiger partial charge in [-0.05, 0) is 62.0 Å². The average Bonchev–Trinajstić information content (AvgIpc) is 2.70. The third kappa shape index (κ3) is 6.52. The molecule has 0 heterocycles. The highest BCUT2D eigenvalue weighted by Crippen LogP contribution is 2.28. The Labute approximate surface area is 179 Å². The van der Waals surface area contributed by atoms with Crippen LogP contribution >= 0.6 is 12.2 Å². The molecule has 10 heteroatoms. The van der Waals surface area contributed by atoms with Crippen LogP contribution in [0.25, 0.3) is 0 Å². The van der Waals surface area contributed by atoms with Crippen LogP contribution in [0.15, 0.2) is 42.5 Å². The van der Waals surface area contributed by atoms with Gasteiger partial charge in [-0.1, -0.05) is 6.92 Å². The minimum atomic E-state index is -0.612. The number of ether oxygens (including phenoxy) is 1. The van der Waals surface area contributed by atoms with Crippen LogP contribution in [0.1, 0.15) is 37.0 Å². The minimum absolute atomic E-state index is 0.0271. The van der Waals surface area contributed by atoms with Crippen LogP contribution < -0.4 is 20.7 Å². The Morgan fingerprint density at radius 2 is 1.70 bits per heavy atom. The highest BCUT2D eigenvalue weighted by molar-refractivity contribution is 7.80. The van der Waals surface area contributed by atoms with Crippen molar-refractivity contribution in [3.05, 3.63) is 58.1 Å². The first-order chi connectivity index (χ1) is 14.3. The molecule has 0 saturated heterocycles. The summed E-state index contributed by atoms with van der Waals surface area (Å²) < 4.78 is 5.20. The Bertz CT molecular complexity index is 947. The van der Waals surface area contributed by atoms with Gasteiger partial charge < -0.3 is 15.4 Å². The fraction of sp³-hybridized carbons (Fsp3) is 0.250. The first kappa shape index (κ1) is 22.8. The van der Waals surface area contributed by atoms with Crippen LogP contribution in [0, 0.1) is 10.1 Å². The summed E-state index contributed by atoms with van der Waals surface area (Å²) in [4.78, 5) is 34.6. The van der Waals surface area contributed by atoms with Crippen LogP contribution in [0.3, 0.4) is 0 Å². The predicted molar refractivity (Wildman–Crippen MR) is 118 cm³/mol. The number of nitrogens with zero attached hydrogens (tertiary/aromatic N) is 1. The largest absolute Gasteiger partial charge is 0.487 e. The Kier molecular flexibility index (Phi) is 8.24. The molecular formula is C20H22N4O5S. The summed E-state index contributed by atoms with van der Waals surface area (Å²) in [7, 11) is 0. The summed E-state index contributed by atoms with van der Waals surface area (Å²) >= 11 is 5.13. The second-order valence-electron chi connectivity index (χ2n) is 6.16. The molecule has 2 amide bonds. The number of nitrogens with one attached hydrogen (secondary N) is 3. The fourth-order valence-corrected chi connectivity index (χ4v) is 2.71. The van der Waals surface area contributed by atoms with E-state index < -0.39 is 10.8 Å². The molecule has 0 saturated carbocycles. The Hall–Kier alpha value is -3.53. The first-order valence-electron chi connectivity index (χ1n) is 9.27. The van der Waals surface area contributed by atoms with Crippen LogP contribution in [0.4, 0.5) is 17.1 Å². The number of carbonyl (C=O) groups is 2. The van der Waals surface area contributed by atoms with Crippen molar-refractivity contribution in [3.63, 3.8) is 0 Å². The molecule has 3 N–H and O–H groups in total. The number of hydrogen-bond donors (Lipinski definition) is 3. The molecule has 0 bridgehead atoms. The molecule has 0 fully saturated rings. The molecule has 0 spiro atoms. The van der Waals surface area contributed by atoms with E-state index in [-0.39, 0.29) is 34.6 Å². The maximum absolute atomic E-state index is 12.4. The highest BCUT2D eigenvalue weighted by atomic mass is 32.1. The fourth-order valence-electron chi connectivity index (χ4n) is 2.50. The smallest absolute Gasteiger partial charge is 0.311 e. The monoisotopic (exact) mass is 430 g/mol. The Balaban J connectivity index is 1.99. The maximum atomic E-state index is 12.4. The molecule has 0 aliphatic carbocycles. The molecule has 0 aliphatic heterocycles. The zero-order valence-corrected chi connectivity index (χ0v) is 17.4. The van der Waals surface area contributed by atoms with E-state index in [4.69, 9.17) is 17.0 Å². The highest BCUT2D eigenvalue weighted by Gasteiger charge is 2.19. The van der Waals surface area contributed by atoms with Gasteiger partial charge in [0.25, 0.3) is 5.91 Å². The van der Waals surface area contributed by atoms with Crippen molar-refractivity contribution in [3.8, 4) is 5.75 Å². The van der Waals surface area contributed by atoms with Gasteiger partial charge in [0.05, 0.1) is 11.5 Å². The van der Waals surface area contributed by atoms with Gasteiger partial charge in [0, 0.05) is 29.4 Å². The van der Waals surface area contributed by atoms with Gasteiger partial charge in [-0.3, -0.25) is 25.0 Å². The van der Waals surface area contributed by atoms with E-state index >= 15 is 0 Å². The van der Waals surface area contributed by atoms with Gasteiger partial charge in [0.15, 0.2) is 10.9 Å². The van der Waals surface area contributed by atoms with Crippen molar-refractivity contribution in [2.45, 2.75) is 26.7 Å².